The van der Waals surface area contributed by atoms with Crippen LogP contribution in [0.4, 0.5) is 4.39 Å². The van der Waals surface area contributed by atoms with Crippen LogP contribution in [0.15, 0.2) is 18.2 Å². The zero-order valence-electron chi connectivity index (χ0n) is 10.9. The van der Waals surface area contributed by atoms with Crippen LogP contribution in [0, 0.1) is 5.82 Å². The maximum atomic E-state index is 13.5. The van der Waals surface area contributed by atoms with Gasteiger partial charge >= 0.3 is 0 Å². The molecule has 2 atom stereocenters. The number of amides is 1. The predicted molar refractivity (Wildman–Crippen MR) is 68.7 cm³/mol. The van der Waals surface area contributed by atoms with Gasteiger partial charge in [-0.25, -0.2) is 4.39 Å². The van der Waals surface area contributed by atoms with Gasteiger partial charge in [0, 0.05) is 5.56 Å². The fourth-order valence-corrected chi connectivity index (χ4v) is 2.34. The first kappa shape index (κ1) is 13.8. The standard InChI is InChI=1S/C14H18FNO3/c1-19-13-7-6-9(8-10(13)15)14(18)16-11-4-2-3-5-12(11)17/h6-8,11-12,17H,2-5H2,1H3,(H,16,18)/t11-,12-/m0/s1. The highest BCUT2D eigenvalue weighted by Crippen LogP contribution is 2.20. The van der Waals surface area contributed by atoms with Gasteiger partial charge < -0.3 is 15.2 Å². The third-order valence-electron chi connectivity index (χ3n) is 3.46. The van der Waals surface area contributed by atoms with Crippen molar-refractivity contribution in [3.05, 3.63) is 29.6 Å². The molecule has 1 aromatic carbocycles. The third-order valence-corrected chi connectivity index (χ3v) is 3.46. The SMILES string of the molecule is COc1ccc(C(=O)N[C@H]2CCCC[C@@H]2O)cc1F. The molecule has 0 unspecified atom stereocenters. The van der Waals surface area contributed by atoms with E-state index in [4.69, 9.17) is 4.74 Å². The summed E-state index contributed by atoms with van der Waals surface area (Å²) >= 11 is 0. The van der Waals surface area contributed by atoms with E-state index in [0.717, 1.165) is 25.3 Å². The van der Waals surface area contributed by atoms with Crippen molar-refractivity contribution in [1.29, 1.82) is 0 Å². The van der Waals surface area contributed by atoms with Gasteiger partial charge in [-0.1, -0.05) is 12.8 Å². The first-order valence-corrected chi connectivity index (χ1v) is 6.44. The largest absolute Gasteiger partial charge is 0.494 e. The van der Waals surface area contributed by atoms with Crippen molar-refractivity contribution in [3.63, 3.8) is 0 Å². The van der Waals surface area contributed by atoms with E-state index in [1.54, 1.807) is 0 Å². The molecule has 0 bridgehead atoms. The lowest BCUT2D eigenvalue weighted by atomic mass is 9.92. The number of methoxy groups -OCH3 is 1. The number of carbonyl (C=O) groups excluding carboxylic acids is 1. The molecule has 0 spiro atoms. The number of aliphatic hydroxyl groups is 1. The second-order valence-corrected chi connectivity index (χ2v) is 4.78. The lowest BCUT2D eigenvalue weighted by Crippen LogP contribution is -2.45. The first-order chi connectivity index (χ1) is 9.11. The van der Waals surface area contributed by atoms with E-state index in [2.05, 4.69) is 5.32 Å². The normalized spacial score (nSPS) is 22.9. The Balaban J connectivity index is 2.05. The van der Waals surface area contributed by atoms with Crippen molar-refractivity contribution < 1.29 is 19.0 Å². The Bertz CT molecular complexity index is 464. The zero-order chi connectivity index (χ0) is 13.8. The van der Waals surface area contributed by atoms with Crippen molar-refractivity contribution in [2.45, 2.75) is 37.8 Å². The molecule has 0 aliphatic heterocycles. The van der Waals surface area contributed by atoms with Crippen LogP contribution in [0.5, 0.6) is 5.75 Å². The summed E-state index contributed by atoms with van der Waals surface area (Å²) in [6, 6.07) is 3.82. The Morgan fingerprint density at radius 2 is 2.16 bits per heavy atom. The summed E-state index contributed by atoms with van der Waals surface area (Å²) in [7, 11) is 1.37. The number of benzene rings is 1. The number of nitrogens with one attached hydrogen (secondary N) is 1. The smallest absolute Gasteiger partial charge is 0.251 e. The van der Waals surface area contributed by atoms with E-state index < -0.39 is 11.9 Å². The first-order valence-electron chi connectivity index (χ1n) is 6.44. The summed E-state index contributed by atoms with van der Waals surface area (Å²) in [5.74, 6) is -0.832. The van der Waals surface area contributed by atoms with E-state index in [-0.39, 0.29) is 23.3 Å². The minimum atomic E-state index is -0.570. The van der Waals surface area contributed by atoms with Gasteiger partial charge in [-0.05, 0) is 31.0 Å². The average Bonchev–Trinajstić information content (AvgIpc) is 2.41. The highest BCUT2D eigenvalue weighted by molar-refractivity contribution is 5.94. The number of halogens is 1. The number of hydrogen-bond acceptors (Lipinski definition) is 3. The Kier molecular flexibility index (Phi) is 4.37. The molecule has 1 aliphatic carbocycles. The summed E-state index contributed by atoms with van der Waals surface area (Å²) in [4.78, 5) is 12.0. The van der Waals surface area contributed by atoms with Crippen LogP contribution in [0.25, 0.3) is 0 Å². The highest BCUT2D eigenvalue weighted by Gasteiger charge is 2.25. The monoisotopic (exact) mass is 267 g/mol. The van der Waals surface area contributed by atoms with Crippen LogP contribution in [0.1, 0.15) is 36.0 Å². The maximum Gasteiger partial charge on any atom is 0.251 e. The Morgan fingerprint density at radius 3 is 2.79 bits per heavy atom. The Hall–Kier alpha value is -1.62. The maximum absolute atomic E-state index is 13.5. The molecular formula is C14H18FNO3. The van der Waals surface area contributed by atoms with Gasteiger partial charge in [-0.3, -0.25) is 4.79 Å². The topological polar surface area (TPSA) is 58.6 Å². The average molecular weight is 267 g/mol. The van der Waals surface area contributed by atoms with Gasteiger partial charge in [0.1, 0.15) is 0 Å². The molecule has 4 nitrogen and oxygen atoms in total. The summed E-state index contributed by atoms with van der Waals surface area (Å²) in [6.07, 6.45) is 2.90. The number of rotatable bonds is 3. The zero-order valence-corrected chi connectivity index (χ0v) is 10.9. The molecule has 1 saturated carbocycles. The molecule has 19 heavy (non-hydrogen) atoms. The molecule has 2 N–H and O–H groups in total. The third kappa shape index (κ3) is 3.23. The van der Waals surface area contributed by atoms with Crippen molar-refractivity contribution in [1.82, 2.24) is 5.32 Å². The quantitative estimate of drug-likeness (QED) is 0.879. The van der Waals surface area contributed by atoms with Gasteiger partial charge in [0.25, 0.3) is 5.91 Å². The number of ether oxygens (including phenoxy) is 1. The van der Waals surface area contributed by atoms with Crippen LogP contribution in [-0.2, 0) is 0 Å². The second kappa shape index (κ2) is 6.02. The molecule has 1 aromatic rings. The summed E-state index contributed by atoms with van der Waals surface area (Å²) in [5.41, 5.74) is 0.232. The molecular weight excluding hydrogens is 249 g/mol. The molecule has 104 valence electrons. The fraction of sp³-hybridized carbons (Fsp3) is 0.500. The lowest BCUT2D eigenvalue weighted by Gasteiger charge is -2.28. The van der Waals surface area contributed by atoms with Crippen molar-refractivity contribution in [2.75, 3.05) is 7.11 Å². The Labute approximate surface area is 111 Å². The lowest BCUT2D eigenvalue weighted by molar-refractivity contribution is 0.0717. The molecule has 0 radical (unpaired) electrons. The molecule has 5 heteroatoms. The molecule has 1 fully saturated rings. The second-order valence-electron chi connectivity index (χ2n) is 4.78. The van der Waals surface area contributed by atoms with Crippen LogP contribution < -0.4 is 10.1 Å². The van der Waals surface area contributed by atoms with Crippen LogP contribution in [0.3, 0.4) is 0 Å². The molecule has 0 saturated heterocycles. The van der Waals surface area contributed by atoms with E-state index in [0.29, 0.717) is 6.42 Å². The van der Waals surface area contributed by atoms with Crippen molar-refractivity contribution in [2.24, 2.45) is 0 Å². The van der Waals surface area contributed by atoms with Crippen LogP contribution >= 0.6 is 0 Å². The molecule has 1 aliphatic rings. The van der Waals surface area contributed by atoms with Gasteiger partial charge in [0.2, 0.25) is 0 Å². The summed E-state index contributed by atoms with van der Waals surface area (Å²) in [6.45, 7) is 0. The Morgan fingerprint density at radius 1 is 1.42 bits per heavy atom. The summed E-state index contributed by atoms with van der Waals surface area (Å²) < 4.78 is 18.3. The van der Waals surface area contributed by atoms with Gasteiger partial charge in [0.15, 0.2) is 11.6 Å². The van der Waals surface area contributed by atoms with E-state index in [1.807, 2.05) is 0 Å². The van der Waals surface area contributed by atoms with Gasteiger partial charge in [-0.2, -0.15) is 0 Å². The highest BCUT2D eigenvalue weighted by atomic mass is 19.1. The summed E-state index contributed by atoms with van der Waals surface area (Å²) in [5, 5.41) is 12.5. The molecule has 2 rings (SSSR count). The number of aliphatic hydroxyl groups excluding tert-OH is 1. The minimum absolute atomic E-state index is 0.106. The van der Waals surface area contributed by atoms with Gasteiger partial charge in [-0.15, -0.1) is 0 Å². The van der Waals surface area contributed by atoms with E-state index in [1.165, 1.54) is 19.2 Å². The fourth-order valence-electron chi connectivity index (χ4n) is 2.34. The van der Waals surface area contributed by atoms with Crippen molar-refractivity contribution in [3.8, 4) is 5.75 Å². The molecule has 1 amide bonds. The van der Waals surface area contributed by atoms with Crippen LogP contribution in [-0.4, -0.2) is 30.3 Å². The predicted octanol–water partition coefficient (Wildman–Crippen LogP) is 1.87. The molecule has 0 heterocycles. The van der Waals surface area contributed by atoms with Crippen molar-refractivity contribution >= 4 is 5.91 Å². The van der Waals surface area contributed by atoms with Gasteiger partial charge in [0.05, 0.1) is 19.3 Å². The molecule has 0 aromatic heterocycles. The van der Waals surface area contributed by atoms with Crippen LogP contribution in [0.2, 0.25) is 0 Å². The number of carbonyl (C=O) groups is 1. The minimum Gasteiger partial charge on any atom is -0.494 e. The van der Waals surface area contributed by atoms with E-state index >= 15 is 0 Å². The number of hydrogen-bond donors (Lipinski definition) is 2. The van der Waals surface area contributed by atoms with E-state index in [9.17, 15) is 14.3 Å².